The van der Waals surface area contributed by atoms with Crippen LogP contribution in [0.3, 0.4) is 0 Å². The van der Waals surface area contributed by atoms with Crippen molar-refractivity contribution in [3.05, 3.63) is 34.2 Å². The first-order valence-corrected chi connectivity index (χ1v) is 6.02. The van der Waals surface area contributed by atoms with Gasteiger partial charge < -0.3 is 15.3 Å². The van der Waals surface area contributed by atoms with Gasteiger partial charge in [0.15, 0.2) is 0 Å². The number of H-pyrrole nitrogens is 2. The Balaban J connectivity index is 2.07. The average Bonchev–Trinajstić information content (AvgIpc) is 2.66. The van der Waals surface area contributed by atoms with E-state index < -0.39 is 0 Å². The van der Waals surface area contributed by atoms with Gasteiger partial charge in [-0.2, -0.15) is 0 Å². The molecule has 0 aliphatic heterocycles. The number of imidazole rings is 1. The van der Waals surface area contributed by atoms with Crippen LogP contribution in [-0.4, -0.2) is 22.4 Å². The lowest BCUT2D eigenvalue weighted by Gasteiger charge is -2.07. The van der Waals surface area contributed by atoms with Crippen LogP contribution in [0.15, 0.2) is 23.0 Å². The van der Waals surface area contributed by atoms with E-state index in [0.29, 0.717) is 18.9 Å². The first-order chi connectivity index (χ1) is 8.54. The molecule has 0 saturated carbocycles. The highest BCUT2D eigenvalue weighted by molar-refractivity contribution is 5.81. The summed E-state index contributed by atoms with van der Waals surface area (Å²) < 4.78 is 0. The van der Waals surface area contributed by atoms with Gasteiger partial charge in [0.2, 0.25) is 5.91 Å². The van der Waals surface area contributed by atoms with E-state index >= 15 is 0 Å². The molecule has 0 bridgehead atoms. The largest absolute Gasteiger partial charge is 0.356 e. The summed E-state index contributed by atoms with van der Waals surface area (Å²) in [5.41, 5.74) is 2.14. The number of aromatic nitrogens is 2. The number of hydrogen-bond acceptors (Lipinski definition) is 2. The SMILES string of the molecule is CC(C)CNC(=O)Cc1ccc2[nH]c(=O)[nH]c2c1. The van der Waals surface area contributed by atoms with Crippen molar-refractivity contribution in [2.45, 2.75) is 20.3 Å². The molecule has 3 N–H and O–H groups in total. The molecule has 5 heteroatoms. The van der Waals surface area contributed by atoms with Gasteiger partial charge in [-0.05, 0) is 23.6 Å². The fourth-order valence-corrected chi connectivity index (χ4v) is 1.76. The van der Waals surface area contributed by atoms with Gasteiger partial charge in [-0.1, -0.05) is 19.9 Å². The van der Waals surface area contributed by atoms with Crippen molar-refractivity contribution >= 4 is 16.9 Å². The minimum atomic E-state index is -0.230. The molecule has 2 aromatic rings. The van der Waals surface area contributed by atoms with Gasteiger partial charge >= 0.3 is 5.69 Å². The Kier molecular flexibility index (Phi) is 3.50. The fourth-order valence-electron chi connectivity index (χ4n) is 1.76. The molecule has 96 valence electrons. The average molecular weight is 247 g/mol. The van der Waals surface area contributed by atoms with Crippen LogP contribution in [0.25, 0.3) is 11.0 Å². The Labute approximate surface area is 105 Å². The van der Waals surface area contributed by atoms with Crippen LogP contribution in [0.2, 0.25) is 0 Å². The Morgan fingerprint density at radius 3 is 2.72 bits per heavy atom. The second-order valence-electron chi connectivity index (χ2n) is 4.83. The minimum absolute atomic E-state index is 0.000864. The molecule has 1 heterocycles. The van der Waals surface area contributed by atoms with Crippen molar-refractivity contribution in [1.82, 2.24) is 15.3 Å². The van der Waals surface area contributed by atoms with E-state index in [9.17, 15) is 9.59 Å². The van der Waals surface area contributed by atoms with Crippen LogP contribution in [0, 0.1) is 5.92 Å². The Bertz CT molecular complexity index is 610. The van der Waals surface area contributed by atoms with Gasteiger partial charge in [0, 0.05) is 6.54 Å². The summed E-state index contributed by atoms with van der Waals surface area (Å²) in [5.74, 6) is 0.443. The molecule has 2 rings (SSSR count). The maximum absolute atomic E-state index is 11.7. The summed E-state index contributed by atoms with van der Waals surface area (Å²) in [6, 6.07) is 5.47. The van der Waals surface area contributed by atoms with Crippen LogP contribution in [-0.2, 0) is 11.2 Å². The standard InChI is InChI=1S/C13H17N3O2/c1-8(2)7-14-12(17)6-9-3-4-10-11(5-9)16-13(18)15-10/h3-5,8H,6-7H2,1-2H3,(H,14,17)(H2,15,16,18). The van der Waals surface area contributed by atoms with Crippen molar-refractivity contribution < 1.29 is 4.79 Å². The maximum Gasteiger partial charge on any atom is 0.323 e. The predicted octanol–water partition coefficient (Wildman–Crippen LogP) is 1.17. The van der Waals surface area contributed by atoms with Gasteiger partial charge in [-0.15, -0.1) is 0 Å². The summed E-state index contributed by atoms with van der Waals surface area (Å²) in [4.78, 5) is 28.1. The first-order valence-electron chi connectivity index (χ1n) is 6.02. The zero-order valence-electron chi connectivity index (χ0n) is 10.5. The lowest BCUT2D eigenvalue weighted by atomic mass is 10.1. The van der Waals surface area contributed by atoms with Crippen LogP contribution in [0.5, 0.6) is 0 Å². The smallest absolute Gasteiger partial charge is 0.323 e. The van der Waals surface area contributed by atoms with Crippen LogP contribution < -0.4 is 11.0 Å². The topological polar surface area (TPSA) is 77.8 Å². The molecule has 1 amide bonds. The molecule has 0 spiro atoms. The molecule has 5 nitrogen and oxygen atoms in total. The predicted molar refractivity (Wildman–Crippen MR) is 70.5 cm³/mol. The summed E-state index contributed by atoms with van der Waals surface area (Å²) >= 11 is 0. The molecule has 0 aliphatic rings. The first kappa shape index (κ1) is 12.4. The number of carbonyl (C=O) groups is 1. The second-order valence-corrected chi connectivity index (χ2v) is 4.83. The molecule has 0 fully saturated rings. The molecule has 0 atom stereocenters. The second kappa shape index (κ2) is 5.08. The van der Waals surface area contributed by atoms with Gasteiger partial charge in [-0.3, -0.25) is 4.79 Å². The molecular weight excluding hydrogens is 230 g/mol. The van der Waals surface area contributed by atoms with E-state index in [1.165, 1.54) is 0 Å². The molecule has 0 radical (unpaired) electrons. The Morgan fingerprint density at radius 1 is 1.28 bits per heavy atom. The van der Waals surface area contributed by atoms with E-state index in [0.717, 1.165) is 16.6 Å². The normalized spacial score (nSPS) is 11.1. The highest BCUT2D eigenvalue weighted by Gasteiger charge is 2.06. The van der Waals surface area contributed by atoms with Gasteiger partial charge in [0.25, 0.3) is 0 Å². The van der Waals surface area contributed by atoms with E-state index in [4.69, 9.17) is 0 Å². The minimum Gasteiger partial charge on any atom is -0.356 e. The number of nitrogens with one attached hydrogen (secondary N) is 3. The van der Waals surface area contributed by atoms with E-state index in [2.05, 4.69) is 29.1 Å². The molecule has 1 aromatic carbocycles. The van der Waals surface area contributed by atoms with Crippen molar-refractivity contribution in [3.63, 3.8) is 0 Å². The number of rotatable bonds is 4. The van der Waals surface area contributed by atoms with E-state index in [-0.39, 0.29) is 11.6 Å². The monoisotopic (exact) mass is 247 g/mol. The zero-order valence-corrected chi connectivity index (χ0v) is 10.5. The third-order valence-corrected chi connectivity index (χ3v) is 2.65. The van der Waals surface area contributed by atoms with Crippen molar-refractivity contribution in [2.24, 2.45) is 5.92 Å². The Hall–Kier alpha value is -2.04. The van der Waals surface area contributed by atoms with Gasteiger partial charge in [0.1, 0.15) is 0 Å². The summed E-state index contributed by atoms with van der Waals surface area (Å²) in [6.45, 7) is 4.79. The number of carbonyl (C=O) groups excluding carboxylic acids is 1. The summed E-state index contributed by atoms with van der Waals surface area (Å²) in [6.07, 6.45) is 0.329. The lowest BCUT2D eigenvalue weighted by Crippen LogP contribution is -2.28. The van der Waals surface area contributed by atoms with Gasteiger partial charge in [0.05, 0.1) is 17.5 Å². The highest BCUT2D eigenvalue weighted by Crippen LogP contribution is 2.10. The zero-order chi connectivity index (χ0) is 13.1. The fraction of sp³-hybridized carbons (Fsp3) is 0.385. The third kappa shape index (κ3) is 3.00. The molecule has 0 aliphatic carbocycles. The molecule has 18 heavy (non-hydrogen) atoms. The van der Waals surface area contributed by atoms with Crippen molar-refractivity contribution in [3.8, 4) is 0 Å². The molecule has 0 unspecified atom stereocenters. The van der Waals surface area contributed by atoms with Crippen LogP contribution in [0.1, 0.15) is 19.4 Å². The summed E-state index contributed by atoms with van der Waals surface area (Å²) in [5, 5.41) is 2.87. The molecular formula is C13H17N3O2. The van der Waals surface area contributed by atoms with Crippen molar-refractivity contribution in [1.29, 1.82) is 0 Å². The van der Waals surface area contributed by atoms with Crippen LogP contribution >= 0.6 is 0 Å². The third-order valence-electron chi connectivity index (χ3n) is 2.65. The van der Waals surface area contributed by atoms with E-state index in [1.54, 1.807) is 6.07 Å². The number of aromatic amines is 2. The number of amides is 1. The quantitative estimate of drug-likeness (QED) is 0.758. The number of benzene rings is 1. The maximum atomic E-state index is 11.7. The molecule has 0 saturated heterocycles. The Morgan fingerprint density at radius 2 is 2.00 bits per heavy atom. The number of hydrogen-bond donors (Lipinski definition) is 3. The molecule has 1 aromatic heterocycles. The highest BCUT2D eigenvalue weighted by atomic mass is 16.1. The van der Waals surface area contributed by atoms with Crippen LogP contribution in [0.4, 0.5) is 0 Å². The van der Waals surface area contributed by atoms with Gasteiger partial charge in [-0.25, -0.2) is 4.79 Å². The summed E-state index contributed by atoms with van der Waals surface area (Å²) in [7, 11) is 0. The van der Waals surface area contributed by atoms with Crippen molar-refractivity contribution in [2.75, 3.05) is 6.54 Å². The van der Waals surface area contributed by atoms with E-state index in [1.807, 2.05) is 12.1 Å². The lowest BCUT2D eigenvalue weighted by molar-refractivity contribution is -0.120. The number of fused-ring (bicyclic) bond motifs is 1.